The number of carbonyl (C=O) groups excluding carboxylic acids is 1. The molecule has 0 radical (unpaired) electrons. The number of hydrogen-bond acceptors (Lipinski definition) is 3. The summed E-state index contributed by atoms with van der Waals surface area (Å²) in [6, 6.07) is 15.5. The van der Waals surface area contributed by atoms with E-state index >= 15 is 0 Å². The minimum atomic E-state index is -3.53. The average molecular weight is 346 g/mol. The molecule has 0 heterocycles. The van der Waals surface area contributed by atoms with Crippen LogP contribution in [0, 0.1) is 0 Å². The summed E-state index contributed by atoms with van der Waals surface area (Å²) in [4.78, 5) is 12.9. The van der Waals surface area contributed by atoms with Gasteiger partial charge in [0.25, 0.3) is 0 Å². The molecule has 1 unspecified atom stereocenters. The molecule has 1 atom stereocenters. The van der Waals surface area contributed by atoms with E-state index in [4.69, 9.17) is 0 Å². The van der Waals surface area contributed by atoms with Gasteiger partial charge in [-0.3, -0.25) is 4.79 Å². The summed E-state index contributed by atoms with van der Waals surface area (Å²) in [7, 11) is -2.12. The van der Waals surface area contributed by atoms with E-state index < -0.39 is 16.1 Å². The fraction of sp³-hybridized carbons (Fsp3) is 0.278. The van der Waals surface area contributed by atoms with Crippen LogP contribution in [0.5, 0.6) is 0 Å². The number of amides is 1. The molecule has 0 aromatic heterocycles. The number of sulfonamides is 1. The molecular formula is C18H22N2O3S. The molecule has 0 aliphatic heterocycles. The lowest BCUT2D eigenvalue weighted by Crippen LogP contribution is -2.38. The molecule has 2 rings (SSSR count). The number of carbonyl (C=O) groups is 1. The van der Waals surface area contributed by atoms with Gasteiger partial charge in [0.15, 0.2) is 0 Å². The summed E-state index contributed by atoms with van der Waals surface area (Å²) in [5.74, 6) is -0.380. The number of nitrogens with one attached hydrogen (secondary N) is 1. The summed E-state index contributed by atoms with van der Waals surface area (Å²) in [5, 5.41) is 2.87. The Hall–Kier alpha value is -2.18. The Kier molecular flexibility index (Phi) is 5.75. The van der Waals surface area contributed by atoms with Gasteiger partial charge in [0.1, 0.15) is 6.04 Å². The molecule has 0 bridgehead atoms. The number of likely N-dealkylation sites (N-methyl/N-ethyl adjacent to an activating group) is 1. The van der Waals surface area contributed by atoms with Crippen LogP contribution in [-0.2, 0) is 21.2 Å². The van der Waals surface area contributed by atoms with E-state index in [0.29, 0.717) is 11.3 Å². The van der Waals surface area contributed by atoms with E-state index in [-0.39, 0.29) is 5.91 Å². The third-order valence-electron chi connectivity index (χ3n) is 3.91. The molecule has 128 valence electrons. The van der Waals surface area contributed by atoms with Crippen LogP contribution in [0.15, 0.2) is 54.6 Å². The van der Waals surface area contributed by atoms with Crippen molar-refractivity contribution >= 4 is 21.6 Å². The van der Waals surface area contributed by atoms with Crippen LogP contribution in [-0.4, -0.2) is 31.9 Å². The SMILES string of the molecule is CCc1ccccc1NC(=O)C(c1ccccc1)N(C)S(C)(=O)=O. The van der Waals surface area contributed by atoms with Crippen molar-refractivity contribution in [2.75, 3.05) is 18.6 Å². The number of para-hydroxylation sites is 1. The number of aryl methyl sites for hydroxylation is 1. The number of benzene rings is 2. The zero-order valence-corrected chi connectivity index (χ0v) is 14.9. The maximum Gasteiger partial charge on any atom is 0.247 e. The number of anilines is 1. The lowest BCUT2D eigenvalue weighted by molar-refractivity contribution is -0.119. The summed E-state index contributed by atoms with van der Waals surface area (Å²) < 4.78 is 25.0. The molecular weight excluding hydrogens is 324 g/mol. The van der Waals surface area contributed by atoms with Gasteiger partial charge in [-0.15, -0.1) is 0 Å². The van der Waals surface area contributed by atoms with Crippen LogP contribution in [0.25, 0.3) is 0 Å². The van der Waals surface area contributed by atoms with Crippen molar-refractivity contribution in [3.63, 3.8) is 0 Å². The van der Waals surface area contributed by atoms with Gasteiger partial charge in [-0.2, -0.15) is 4.31 Å². The van der Waals surface area contributed by atoms with E-state index in [2.05, 4.69) is 5.32 Å². The molecule has 0 saturated carbocycles. The average Bonchev–Trinajstić information content (AvgIpc) is 2.55. The van der Waals surface area contributed by atoms with E-state index in [1.165, 1.54) is 7.05 Å². The first-order valence-corrected chi connectivity index (χ1v) is 9.56. The summed E-state index contributed by atoms with van der Waals surface area (Å²) in [5.41, 5.74) is 2.32. The molecule has 0 saturated heterocycles. The molecule has 1 N–H and O–H groups in total. The van der Waals surface area contributed by atoms with Crippen LogP contribution < -0.4 is 5.32 Å². The van der Waals surface area contributed by atoms with Crippen LogP contribution in [0.1, 0.15) is 24.1 Å². The first kappa shape index (κ1) is 18.2. The van der Waals surface area contributed by atoms with Crippen molar-refractivity contribution < 1.29 is 13.2 Å². The minimum Gasteiger partial charge on any atom is -0.324 e. The van der Waals surface area contributed by atoms with E-state index in [1.54, 1.807) is 24.3 Å². The first-order chi connectivity index (χ1) is 11.3. The Morgan fingerprint density at radius 3 is 2.25 bits per heavy atom. The normalized spacial score (nSPS) is 12.8. The maximum absolute atomic E-state index is 12.9. The molecule has 2 aromatic carbocycles. The van der Waals surface area contributed by atoms with Crippen molar-refractivity contribution in [2.24, 2.45) is 0 Å². The van der Waals surface area contributed by atoms with Crippen LogP contribution in [0.4, 0.5) is 5.69 Å². The first-order valence-electron chi connectivity index (χ1n) is 7.71. The Morgan fingerprint density at radius 2 is 1.67 bits per heavy atom. The lowest BCUT2D eigenvalue weighted by Gasteiger charge is -2.26. The predicted octanol–water partition coefficient (Wildman–Crippen LogP) is 2.82. The molecule has 2 aromatic rings. The third kappa shape index (κ3) is 4.21. The smallest absolute Gasteiger partial charge is 0.247 e. The second-order valence-corrected chi connectivity index (χ2v) is 7.63. The molecule has 6 heteroatoms. The molecule has 0 aliphatic carbocycles. The second-order valence-electron chi connectivity index (χ2n) is 5.59. The largest absolute Gasteiger partial charge is 0.324 e. The number of nitrogens with zero attached hydrogens (tertiary/aromatic N) is 1. The molecule has 1 amide bonds. The maximum atomic E-state index is 12.9. The molecule has 0 fully saturated rings. The van der Waals surface area contributed by atoms with Gasteiger partial charge in [0.2, 0.25) is 15.9 Å². The van der Waals surface area contributed by atoms with E-state index in [0.717, 1.165) is 22.5 Å². The quantitative estimate of drug-likeness (QED) is 0.875. The van der Waals surface area contributed by atoms with Gasteiger partial charge in [-0.1, -0.05) is 55.5 Å². The van der Waals surface area contributed by atoms with Gasteiger partial charge in [-0.05, 0) is 23.6 Å². The van der Waals surface area contributed by atoms with Gasteiger partial charge in [-0.25, -0.2) is 8.42 Å². The Labute approximate surface area is 143 Å². The van der Waals surface area contributed by atoms with E-state index in [9.17, 15) is 13.2 Å². The highest BCUT2D eigenvalue weighted by Gasteiger charge is 2.30. The van der Waals surface area contributed by atoms with Crippen molar-refractivity contribution in [3.05, 3.63) is 65.7 Å². The Bertz CT molecular complexity index is 804. The topological polar surface area (TPSA) is 66.5 Å². The van der Waals surface area contributed by atoms with Crippen LogP contribution in [0.3, 0.4) is 0 Å². The summed E-state index contributed by atoms with van der Waals surface area (Å²) in [6.45, 7) is 2.00. The van der Waals surface area contributed by atoms with Crippen molar-refractivity contribution in [1.29, 1.82) is 0 Å². The van der Waals surface area contributed by atoms with Crippen molar-refractivity contribution in [2.45, 2.75) is 19.4 Å². The molecule has 0 spiro atoms. The van der Waals surface area contributed by atoms with Crippen LogP contribution >= 0.6 is 0 Å². The zero-order chi connectivity index (χ0) is 17.7. The summed E-state index contributed by atoms with van der Waals surface area (Å²) in [6.07, 6.45) is 1.87. The monoisotopic (exact) mass is 346 g/mol. The zero-order valence-electron chi connectivity index (χ0n) is 14.1. The predicted molar refractivity (Wildman–Crippen MR) is 96.2 cm³/mol. The Balaban J connectivity index is 2.38. The molecule has 24 heavy (non-hydrogen) atoms. The van der Waals surface area contributed by atoms with Crippen molar-refractivity contribution in [3.8, 4) is 0 Å². The number of hydrogen-bond donors (Lipinski definition) is 1. The second kappa shape index (κ2) is 7.59. The molecule has 0 aliphatic rings. The van der Waals surface area contributed by atoms with E-state index in [1.807, 2.05) is 37.3 Å². The fourth-order valence-corrected chi connectivity index (χ4v) is 3.11. The lowest BCUT2D eigenvalue weighted by atomic mass is 10.1. The highest BCUT2D eigenvalue weighted by atomic mass is 32.2. The highest BCUT2D eigenvalue weighted by Crippen LogP contribution is 2.25. The standard InChI is InChI=1S/C18H22N2O3S/c1-4-14-10-8-9-13-16(14)19-18(21)17(20(2)24(3,22)23)15-11-6-5-7-12-15/h5-13,17H,4H2,1-3H3,(H,19,21). The highest BCUT2D eigenvalue weighted by molar-refractivity contribution is 7.88. The summed E-state index contributed by atoms with van der Waals surface area (Å²) >= 11 is 0. The van der Waals surface area contributed by atoms with Gasteiger partial charge >= 0.3 is 0 Å². The molecule has 5 nitrogen and oxygen atoms in total. The minimum absolute atomic E-state index is 0.380. The van der Waals surface area contributed by atoms with Gasteiger partial charge < -0.3 is 5.32 Å². The number of rotatable bonds is 6. The van der Waals surface area contributed by atoms with Gasteiger partial charge in [0.05, 0.1) is 6.26 Å². The van der Waals surface area contributed by atoms with Crippen molar-refractivity contribution in [1.82, 2.24) is 4.31 Å². The Morgan fingerprint density at radius 1 is 1.08 bits per heavy atom. The van der Waals surface area contributed by atoms with Gasteiger partial charge in [0, 0.05) is 12.7 Å². The van der Waals surface area contributed by atoms with Crippen LogP contribution in [0.2, 0.25) is 0 Å². The third-order valence-corrected chi connectivity index (χ3v) is 5.16. The fourth-order valence-electron chi connectivity index (χ4n) is 2.50.